The van der Waals surface area contributed by atoms with E-state index in [-0.39, 0.29) is 5.91 Å². The van der Waals surface area contributed by atoms with Crippen molar-refractivity contribution in [2.75, 3.05) is 13.2 Å². The number of unbranched alkanes of at least 4 members (excludes halogenated alkanes) is 1. The fourth-order valence-electron chi connectivity index (χ4n) is 0.747. The second kappa shape index (κ2) is 7.40. The average Bonchev–Trinajstić information content (AvgIpc) is 2.10. The third-order valence-corrected chi connectivity index (χ3v) is 1.48. The van der Waals surface area contributed by atoms with Crippen molar-refractivity contribution < 1.29 is 9.53 Å². The van der Waals surface area contributed by atoms with Gasteiger partial charge in [0, 0.05) is 12.1 Å². The molecule has 0 spiro atoms. The molecule has 0 aromatic rings. The molecule has 1 N–H and O–H groups in total. The fourth-order valence-corrected chi connectivity index (χ4v) is 0.747. The average molecular weight is 183 g/mol. The van der Waals surface area contributed by atoms with Gasteiger partial charge < -0.3 is 10.1 Å². The van der Waals surface area contributed by atoms with Gasteiger partial charge in [-0.25, -0.2) is 0 Å². The van der Waals surface area contributed by atoms with Crippen LogP contribution in [-0.4, -0.2) is 19.1 Å². The van der Waals surface area contributed by atoms with Gasteiger partial charge in [0.25, 0.3) is 0 Å². The quantitative estimate of drug-likeness (QED) is 0.370. The number of nitrogens with one attached hydrogen (secondary N) is 1. The van der Waals surface area contributed by atoms with E-state index < -0.39 is 0 Å². The molecule has 0 atom stereocenters. The molecule has 0 saturated heterocycles. The highest BCUT2D eigenvalue weighted by atomic mass is 16.5. The predicted octanol–water partition coefficient (Wildman–Crippen LogP) is 1.62. The summed E-state index contributed by atoms with van der Waals surface area (Å²) < 4.78 is 4.92. The van der Waals surface area contributed by atoms with E-state index in [9.17, 15) is 4.79 Å². The van der Waals surface area contributed by atoms with Crippen LogP contribution in [0.5, 0.6) is 0 Å². The summed E-state index contributed by atoms with van der Waals surface area (Å²) in [7, 11) is 0. The molecule has 0 saturated carbocycles. The first-order valence-electron chi connectivity index (χ1n) is 4.34. The van der Waals surface area contributed by atoms with Gasteiger partial charge in [0.1, 0.15) is 0 Å². The van der Waals surface area contributed by atoms with E-state index in [1.54, 1.807) is 6.92 Å². The third kappa shape index (κ3) is 7.12. The van der Waals surface area contributed by atoms with Crippen molar-refractivity contribution >= 4 is 5.91 Å². The summed E-state index contributed by atoms with van der Waals surface area (Å²) in [6.45, 7) is 9.98. The molecule has 0 aromatic heterocycles. The summed E-state index contributed by atoms with van der Waals surface area (Å²) in [5, 5.41) is 2.74. The Labute approximate surface area is 79.5 Å². The van der Waals surface area contributed by atoms with Crippen molar-refractivity contribution in [1.29, 1.82) is 0 Å². The molecule has 74 valence electrons. The molecular weight excluding hydrogens is 166 g/mol. The molecule has 3 nitrogen and oxygen atoms in total. The van der Waals surface area contributed by atoms with Crippen LogP contribution in [0.4, 0.5) is 0 Å². The lowest BCUT2D eigenvalue weighted by atomic mass is 10.3. The molecule has 0 bridgehead atoms. The second-order valence-electron chi connectivity index (χ2n) is 2.78. The van der Waals surface area contributed by atoms with Crippen molar-refractivity contribution in [3.8, 4) is 0 Å². The summed E-state index contributed by atoms with van der Waals surface area (Å²) >= 11 is 0. The number of carbonyl (C=O) groups is 1. The van der Waals surface area contributed by atoms with E-state index in [0.717, 1.165) is 12.8 Å². The van der Waals surface area contributed by atoms with E-state index in [2.05, 4.69) is 18.5 Å². The van der Waals surface area contributed by atoms with Gasteiger partial charge in [0.2, 0.25) is 5.91 Å². The van der Waals surface area contributed by atoms with Crippen LogP contribution in [0.1, 0.15) is 19.8 Å². The van der Waals surface area contributed by atoms with Crippen LogP contribution >= 0.6 is 0 Å². The highest BCUT2D eigenvalue weighted by molar-refractivity contribution is 5.91. The summed E-state index contributed by atoms with van der Waals surface area (Å²) in [4.78, 5) is 11.0. The SMILES string of the molecule is C=COCCCCNC(=O)C(=C)C. The Morgan fingerprint density at radius 1 is 1.54 bits per heavy atom. The molecule has 0 radical (unpaired) electrons. The van der Waals surface area contributed by atoms with Crippen LogP contribution in [0.25, 0.3) is 0 Å². The normalized spacial score (nSPS) is 9.00. The molecule has 0 aliphatic heterocycles. The van der Waals surface area contributed by atoms with Crippen molar-refractivity contribution in [2.24, 2.45) is 0 Å². The zero-order valence-corrected chi connectivity index (χ0v) is 8.14. The maximum Gasteiger partial charge on any atom is 0.246 e. The standard InChI is InChI=1S/C10H17NO2/c1-4-13-8-6-5-7-11-10(12)9(2)3/h4H,1-2,5-8H2,3H3,(H,11,12). The number of hydrogen-bond acceptors (Lipinski definition) is 2. The van der Waals surface area contributed by atoms with Gasteiger partial charge in [-0.15, -0.1) is 0 Å². The molecule has 1 amide bonds. The fraction of sp³-hybridized carbons (Fsp3) is 0.500. The Morgan fingerprint density at radius 3 is 2.77 bits per heavy atom. The molecule has 13 heavy (non-hydrogen) atoms. The Balaban J connectivity index is 3.21. The number of amides is 1. The zero-order valence-electron chi connectivity index (χ0n) is 8.14. The van der Waals surface area contributed by atoms with Gasteiger partial charge in [0.05, 0.1) is 12.9 Å². The molecule has 0 heterocycles. The van der Waals surface area contributed by atoms with Crippen molar-refractivity contribution in [3.05, 3.63) is 25.0 Å². The molecule has 0 aliphatic rings. The second-order valence-corrected chi connectivity index (χ2v) is 2.78. The van der Waals surface area contributed by atoms with Gasteiger partial charge in [-0.05, 0) is 19.8 Å². The minimum atomic E-state index is -0.0790. The Morgan fingerprint density at radius 2 is 2.23 bits per heavy atom. The highest BCUT2D eigenvalue weighted by Gasteiger charge is 1.98. The van der Waals surface area contributed by atoms with Crippen LogP contribution in [-0.2, 0) is 9.53 Å². The van der Waals surface area contributed by atoms with Crippen LogP contribution in [0, 0.1) is 0 Å². The van der Waals surface area contributed by atoms with E-state index in [0.29, 0.717) is 18.7 Å². The predicted molar refractivity (Wildman–Crippen MR) is 53.2 cm³/mol. The Kier molecular flexibility index (Phi) is 6.69. The van der Waals surface area contributed by atoms with Gasteiger partial charge in [0.15, 0.2) is 0 Å². The lowest BCUT2D eigenvalue weighted by Crippen LogP contribution is -2.24. The van der Waals surface area contributed by atoms with Gasteiger partial charge >= 0.3 is 0 Å². The van der Waals surface area contributed by atoms with Crippen LogP contribution in [0.2, 0.25) is 0 Å². The van der Waals surface area contributed by atoms with Crippen molar-refractivity contribution in [1.82, 2.24) is 5.32 Å². The first-order chi connectivity index (χ1) is 6.18. The number of ether oxygens (including phenoxy) is 1. The summed E-state index contributed by atoms with van der Waals surface area (Å²) in [5.41, 5.74) is 0.544. The molecule has 0 aliphatic carbocycles. The third-order valence-electron chi connectivity index (χ3n) is 1.48. The van der Waals surface area contributed by atoms with Crippen LogP contribution in [0.15, 0.2) is 25.0 Å². The number of carbonyl (C=O) groups excluding carboxylic acids is 1. The van der Waals surface area contributed by atoms with Gasteiger partial charge in [-0.2, -0.15) is 0 Å². The van der Waals surface area contributed by atoms with E-state index >= 15 is 0 Å². The molecule has 0 fully saturated rings. The number of rotatable bonds is 7. The summed E-state index contributed by atoms with van der Waals surface area (Å²) in [6, 6.07) is 0. The number of hydrogen-bond donors (Lipinski definition) is 1. The molecule has 0 unspecified atom stereocenters. The summed E-state index contributed by atoms with van der Waals surface area (Å²) in [6.07, 6.45) is 3.25. The Bertz CT molecular complexity index is 187. The topological polar surface area (TPSA) is 38.3 Å². The zero-order chi connectivity index (χ0) is 10.1. The van der Waals surface area contributed by atoms with Crippen molar-refractivity contribution in [3.63, 3.8) is 0 Å². The largest absolute Gasteiger partial charge is 0.502 e. The maximum atomic E-state index is 11.0. The van der Waals surface area contributed by atoms with E-state index in [1.807, 2.05) is 0 Å². The van der Waals surface area contributed by atoms with Crippen molar-refractivity contribution in [2.45, 2.75) is 19.8 Å². The molecule has 0 aromatic carbocycles. The highest BCUT2D eigenvalue weighted by Crippen LogP contribution is 1.90. The Hall–Kier alpha value is -1.25. The van der Waals surface area contributed by atoms with Crippen LogP contribution in [0.3, 0.4) is 0 Å². The minimum absolute atomic E-state index is 0.0790. The lowest BCUT2D eigenvalue weighted by molar-refractivity contribution is -0.117. The van der Waals surface area contributed by atoms with Gasteiger partial charge in [-0.3, -0.25) is 4.79 Å². The van der Waals surface area contributed by atoms with E-state index in [1.165, 1.54) is 6.26 Å². The monoisotopic (exact) mass is 183 g/mol. The molecule has 0 rings (SSSR count). The first-order valence-corrected chi connectivity index (χ1v) is 4.34. The molecule has 3 heteroatoms. The first kappa shape index (κ1) is 11.8. The molecular formula is C10H17NO2. The van der Waals surface area contributed by atoms with E-state index in [4.69, 9.17) is 4.74 Å². The summed E-state index contributed by atoms with van der Waals surface area (Å²) in [5.74, 6) is -0.0790. The smallest absolute Gasteiger partial charge is 0.246 e. The van der Waals surface area contributed by atoms with Gasteiger partial charge in [-0.1, -0.05) is 13.2 Å². The minimum Gasteiger partial charge on any atom is -0.502 e. The maximum absolute atomic E-state index is 11.0. The van der Waals surface area contributed by atoms with Crippen LogP contribution < -0.4 is 5.32 Å². The lowest BCUT2D eigenvalue weighted by Gasteiger charge is -2.03.